The van der Waals surface area contributed by atoms with Gasteiger partial charge in [-0.1, -0.05) is 23.2 Å². The predicted octanol–water partition coefficient (Wildman–Crippen LogP) is 1.01. The zero-order valence-corrected chi connectivity index (χ0v) is 12.6. The summed E-state index contributed by atoms with van der Waals surface area (Å²) in [5.41, 5.74) is 6.74. The van der Waals surface area contributed by atoms with Gasteiger partial charge in [-0.05, 0) is 24.4 Å². The third kappa shape index (κ3) is 4.86. The monoisotopic (exact) mass is 307 g/mol. The van der Waals surface area contributed by atoms with E-state index in [1.807, 2.05) is 0 Å². The molecule has 0 fully saturated rings. The van der Waals surface area contributed by atoms with Gasteiger partial charge in [0.2, 0.25) is 0 Å². The molecule has 0 radical (unpaired) electrons. The highest BCUT2D eigenvalue weighted by molar-refractivity contribution is 7.80. The lowest BCUT2D eigenvalue weighted by Crippen LogP contribution is -3.06. The number of nitrogens with two attached hydrogens (primary N) is 1. The second kappa shape index (κ2) is 6.99. The van der Waals surface area contributed by atoms with Crippen molar-refractivity contribution in [2.24, 2.45) is 0 Å². The third-order valence-corrected chi connectivity index (χ3v) is 3.12. The number of hydrogen-bond acceptors (Lipinski definition) is 2. The van der Waals surface area contributed by atoms with Crippen molar-refractivity contribution in [2.45, 2.75) is 0 Å². The van der Waals surface area contributed by atoms with Crippen LogP contribution in [0.15, 0.2) is 12.1 Å². The Morgan fingerprint density at radius 1 is 1.33 bits per heavy atom. The quantitative estimate of drug-likeness (QED) is 0.495. The zero-order chi connectivity index (χ0) is 13.7. The highest BCUT2D eigenvalue weighted by Gasteiger charge is 2.06. The number of thiocarbonyl (C=S) groups is 1. The Bertz CT molecular complexity index is 414. The summed E-state index contributed by atoms with van der Waals surface area (Å²) >= 11 is 17.0. The lowest BCUT2D eigenvalue weighted by Gasteiger charge is -2.13. The largest absolute Gasteiger partial charge is 0.396 e. The van der Waals surface area contributed by atoms with Crippen molar-refractivity contribution in [1.82, 2.24) is 5.32 Å². The molecule has 1 rings (SSSR count). The van der Waals surface area contributed by atoms with Gasteiger partial charge in [-0.15, -0.1) is 0 Å². The average Bonchev–Trinajstić information content (AvgIpc) is 2.25. The van der Waals surface area contributed by atoms with E-state index in [9.17, 15) is 0 Å². The van der Waals surface area contributed by atoms with Gasteiger partial charge in [-0.2, -0.15) is 0 Å². The zero-order valence-electron chi connectivity index (χ0n) is 10.3. The number of rotatable bonds is 4. The predicted molar refractivity (Wildman–Crippen MR) is 82.8 cm³/mol. The fraction of sp³-hybridized carbons (Fsp3) is 0.364. The molecule has 0 unspecified atom stereocenters. The molecular weight excluding hydrogens is 291 g/mol. The first-order chi connectivity index (χ1) is 8.40. The molecule has 1 aromatic carbocycles. The molecule has 0 heterocycles. The Hall–Kier alpha value is -0.750. The summed E-state index contributed by atoms with van der Waals surface area (Å²) in [7, 11) is 4.16. The van der Waals surface area contributed by atoms with Gasteiger partial charge in [0.05, 0.1) is 42.9 Å². The van der Waals surface area contributed by atoms with Gasteiger partial charge < -0.3 is 21.3 Å². The Kier molecular flexibility index (Phi) is 5.95. The molecule has 0 aliphatic rings. The summed E-state index contributed by atoms with van der Waals surface area (Å²) in [6.45, 7) is 1.77. The van der Waals surface area contributed by atoms with Crippen LogP contribution in [0.25, 0.3) is 0 Å². The number of nitrogen functional groups attached to an aromatic ring is 1. The molecule has 5 N–H and O–H groups in total. The van der Waals surface area contributed by atoms with Crippen LogP contribution in [-0.4, -0.2) is 32.3 Å². The van der Waals surface area contributed by atoms with Crippen molar-refractivity contribution in [3.8, 4) is 0 Å². The first-order valence-electron chi connectivity index (χ1n) is 5.48. The van der Waals surface area contributed by atoms with E-state index < -0.39 is 0 Å². The smallest absolute Gasteiger partial charge is 0.170 e. The highest BCUT2D eigenvalue weighted by Crippen LogP contribution is 2.30. The normalized spacial score (nSPS) is 10.5. The molecule has 0 aromatic heterocycles. The van der Waals surface area contributed by atoms with Crippen molar-refractivity contribution in [2.75, 3.05) is 38.2 Å². The maximum Gasteiger partial charge on any atom is 0.170 e. The number of halogens is 2. The molecule has 0 saturated heterocycles. The fourth-order valence-electron chi connectivity index (χ4n) is 1.26. The van der Waals surface area contributed by atoms with Gasteiger partial charge in [-0.25, -0.2) is 0 Å². The van der Waals surface area contributed by atoms with Gasteiger partial charge in [0.15, 0.2) is 5.11 Å². The lowest BCUT2D eigenvalue weighted by atomic mass is 10.3. The number of likely N-dealkylation sites (N-methyl/N-ethyl adjacent to an activating group) is 1. The van der Waals surface area contributed by atoms with Crippen molar-refractivity contribution in [3.63, 3.8) is 0 Å². The van der Waals surface area contributed by atoms with E-state index in [4.69, 9.17) is 41.2 Å². The van der Waals surface area contributed by atoms with E-state index in [-0.39, 0.29) is 0 Å². The summed E-state index contributed by atoms with van der Waals surface area (Å²) in [6.07, 6.45) is 0. The first-order valence-corrected chi connectivity index (χ1v) is 6.65. The SMILES string of the molecule is C[NH+](C)CCNC(=S)Nc1cc(Cl)c(N)c(Cl)c1. The number of hydrogen-bond donors (Lipinski definition) is 4. The van der Waals surface area contributed by atoms with Crippen molar-refractivity contribution < 1.29 is 4.90 Å². The second-order valence-electron chi connectivity index (χ2n) is 4.19. The fourth-order valence-corrected chi connectivity index (χ4v) is 1.96. The third-order valence-electron chi connectivity index (χ3n) is 2.25. The van der Waals surface area contributed by atoms with Gasteiger partial charge >= 0.3 is 0 Å². The Balaban J connectivity index is 2.54. The Labute approximate surface area is 122 Å². The molecule has 7 heteroatoms. The van der Waals surface area contributed by atoms with Gasteiger partial charge in [0, 0.05) is 5.69 Å². The number of quaternary nitrogens is 1. The van der Waals surface area contributed by atoms with Crippen LogP contribution in [0.4, 0.5) is 11.4 Å². The molecule has 0 amide bonds. The van der Waals surface area contributed by atoms with Crippen LogP contribution < -0.4 is 21.3 Å². The van der Waals surface area contributed by atoms with Crippen molar-refractivity contribution in [1.29, 1.82) is 0 Å². The van der Waals surface area contributed by atoms with Crippen LogP contribution in [0.5, 0.6) is 0 Å². The molecule has 0 aliphatic carbocycles. The topological polar surface area (TPSA) is 54.5 Å². The van der Waals surface area contributed by atoms with Crippen LogP contribution in [-0.2, 0) is 0 Å². The molecule has 0 aliphatic heterocycles. The summed E-state index contributed by atoms with van der Waals surface area (Å²) in [4.78, 5) is 1.35. The number of nitrogens with one attached hydrogen (secondary N) is 3. The standard InChI is InChI=1S/C11H16Cl2N4S/c1-17(2)4-3-15-11(18)16-7-5-8(12)10(14)9(13)6-7/h5-6H,3-4,14H2,1-2H3,(H2,15,16,18)/p+1. The average molecular weight is 308 g/mol. The highest BCUT2D eigenvalue weighted by atomic mass is 35.5. The Morgan fingerprint density at radius 3 is 2.39 bits per heavy atom. The summed E-state index contributed by atoms with van der Waals surface area (Å²) in [5, 5.41) is 7.46. The van der Waals surface area contributed by atoms with E-state index in [2.05, 4.69) is 24.7 Å². The van der Waals surface area contributed by atoms with Gasteiger partial charge in [-0.3, -0.25) is 0 Å². The van der Waals surface area contributed by atoms with Gasteiger partial charge in [0.25, 0.3) is 0 Å². The minimum absolute atomic E-state index is 0.374. The molecule has 18 heavy (non-hydrogen) atoms. The molecule has 0 spiro atoms. The number of anilines is 2. The minimum Gasteiger partial charge on any atom is -0.396 e. The Morgan fingerprint density at radius 2 is 1.89 bits per heavy atom. The second-order valence-corrected chi connectivity index (χ2v) is 5.41. The summed E-state index contributed by atoms with van der Waals surface area (Å²) < 4.78 is 0. The van der Waals surface area contributed by atoms with Gasteiger partial charge in [0.1, 0.15) is 0 Å². The van der Waals surface area contributed by atoms with E-state index in [0.29, 0.717) is 26.5 Å². The lowest BCUT2D eigenvalue weighted by molar-refractivity contribution is -0.856. The molecule has 0 atom stereocenters. The van der Waals surface area contributed by atoms with Crippen LogP contribution in [0.3, 0.4) is 0 Å². The van der Waals surface area contributed by atoms with E-state index in [1.54, 1.807) is 12.1 Å². The summed E-state index contributed by atoms with van der Waals surface area (Å²) in [5.74, 6) is 0. The van der Waals surface area contributed by atoms with E-state index in [0.717, 1.165) is 13.1 Å². The molecular formula is C11H17Cl2N4S+. The molecule has 0 bridgehead atoms. The van der Waals surface area contributed by atoms with E-state index in [1.165, 1.54) is 4.90 Å². The first kappa shape index (κ1) is 15.3. The molecule has 100 valence electrons. The van der Waals surface area contributed by atoms with Crippen molar-refractivity contribution >= 4 is 51.9 Å². The van der Waals surface area contributed by atoms with Crippen molar-refractivity contribution in [3.05, 3.63) is 22.2 Å². The van der Waals surface area contributed by atoms with Crippen LogP contribution >= 0.6 is 35.4 Å². The maximum atomic E-state index is 5.93. The van der Waals surface area contributed by atoms with E-state index >= 15 is 0 Å². The minimum atomic E-state index is 0.374. The number of benzene rings is 1. The van der Waals surface area contributed by atoms with Crippen LogP contribution in [0.2, 0.25) is 10.0 Å². The van der Waals surface area contributed by atoms with Crippen LogP contribution in [0.1, 0.15) is 0 Å². The molecule has 4 nitrogen and oxygen atoms in total. The molecule has 1 aromatic rings. The van der Waals surface area contributed by atoms with Crippen LogP contribution in [0, 0.1) is 0 Å². The maximum absolute atomic E-state index is 5.93. The molecule has 0 saturated carbocycles. The summed E-state index contributed by atoms with van der Waals surface area (Å²) in [6, 6.07) is 3.38.